The number of allylic oxidation sites excluding steroid dienone is 1. The molecule has 2 aromatic carbocycles. The average Bonchev–Trinajstić information content (AvgIpc) is 3.23. The summed E-state index contributed by atoms with van der Waals surface area (Å²) in [7, 11) is 0. The quantitative estimate of drug-likeness (QED) is 0.503. The molecule has 4 aromatic rings. The third kappa shape index (κ3) is 3.54. The SMILES string of the molecule is CC1=C(C(=O)Nc2cccnc2)C(c2ccccc2)n2nc(-c3ccccc3C)nc2N1. The predicted molar refractivity (Wildman–Crippen MR) is 124 cm³/mol. The maximum Gasteiger partial charge on any atom is 0.255 e. The second kappa shape index (κ2) is 8.11. The lowest BCUT2D eigenvalue weighted by Gasteiger charge is -2.28. The van der Waals surface area contributed by atoms with Crippen molar-refractivity contribution in [1.82, 2.24) is 19.7 Å². The first-order chi connectivity index (χ1) is 15.6. The molecule has 158 valence electrons. The standard InChI is InChI=1S/C25H22N6O/c1-16-9-6-7-13-20(16)23-29-25-27-17(2)21(24(32)28-19-12-8-14-26-15-19)22(31(25)30-23)18-10-4-3-5-11-18/h3-15,22H,1-2H3,(H,28,32)(H,27,29,30). The normalized spacial score (nSPS) is 15.1. The highest BCUT2D eigenvalue weighted by Crippen LogP contribution is 2.37. The monoisotopic (exact) mass is 422 g/mol. The summed E-state index contributed by atoms with van der Waals surface area (Å²) >= 11 is 0. The molecule has 32 heavy (non-hydrogen) atoms. The molecule has 0 saturated heterocycles. The zero-order valence-corrected chi connectivity index (χ0v) is 17.8. The number of anilines is 2. The summed E-state index contributed by atoms with van der Waals surface area (Å²) in [6.45, 7) is 3.92. The van der Waals surface area contributed by atoms with Crippen molar-refractivity contribution in [2.45, 2.75) is 19.9 Å². The molecule has 7 nitrogen and oxygen atoms in total. The predicted octanol–water partition coefficient (Wildman–Crippen LogP) is 4.58. The lowest BCUT2D eigenvalue weighted by molar-refractivity contribution is -0.113. The Morgan fingerprint density at radius 3 is 2.53 bits per heavy atom. The van der Waals surface area contributed by atoms with Crippen LogP contribution < -0.4 is 10.6 Å². The van der Waals surface area contributed by atoms with E-state index in [2.05, 4.69) is 15.6 Å². The van der Waals surface area contributed by atoms with Gasteiger partial charge in [-0.25, -0.2) is 4.68 Å². The van der Waals surface area contributed by atoms with Crippen LogP contribution in [0.4, 0.5) is 11.6 Å². The third-order valence-corrected chi connectivity index (χ3v) is 5.52. The Kier molecular flexibility index (Phi) is 4.99. The van der Waals surface area contributed by atoms with Crippen LogP contribution in [0.15, 0.2) is 90.4 Å². The number of amides is 1. The van der Waals surface area contributed by atoms with Crippen LogP contribution in [-0.2, 0) is 4.79 Å². The van der Waals surface area contributed by atoms with E-state index < -0.39 is 6.04 Å². The lowest BCUT2D eigenvalue weighted by atomic mass is 9.95. The molecule has 1 atom stereocenters. The highest BCUT2D eigenvalue weighted by Gasteiger charge is 2.34. The molecule has 1 aliphatic rings. The van der Waals surface area contributed by atoms with Gasteiger partial charge in [-0.05, 0) is 37.1 Å². The summed E-state index contributed by atoms with van der Waals surface area (Å²) in [6.07, 6.45) is 3.29. The molecule has 1 aliphatic heterocycles. The van der Waals surface area contributed by atoms with Crippen LogP contribution >= 0.6 is 0 Å². The fourth-order valence-corrected chi connectivity index (χ4v) is 3.96. The largest absolute Gasteiger partial charge is 0.328 e. The second-order valence-electron chi connectivity index (χ2n) is 7.69. The van der Waals surface area contributed by atoms with Crippen LogP contribution in [0, 0.1) is 6.92 Å². The third-order valence-electron chi connectivity index (χ3n) is 5.52. The Hall–Kier alpha value is -4.26. The molecule has 1 unspecified atom stereocenters. The fourth-order valence-electron chi connectivity index (χ4n) is 3.96. The molecule has 0 bridgehead atoms. The first-order valence-electron chi connectivity index (χ1n) is 10.4. The minimum absolute atomic E-state index is 0.213. The highest BCUT2D eigenvalue weighted by atomic mass is 16.1. The van der Waals surface area contributed by atoms with E-state index in [9.17, 15) is 4.79 Å². The first kappa shape index (κ1) is 19.7. The van der Waals surface area contributed by atoms with Crippen LogP contribution in [0.3, 0.4) is 0 Å². The zero-order chi connectivity index (χ0) is 22.1. The molecule has 2 N–H and O–H groups in total. The van der Waals surface area contributed by atoms with Gasteiger partial charge in [-0.2, -0.15) is 4.98 Å². The van der Waals surface area contributed by atoms with Crippen LogP contribution in [0.2, 0.25) is 0 Å². The van der Waals surface area contributed by atoms with Gasteiger partial charge in [0.1, 0.15) is 6.04 Å². The first-order valence-corrected chi connectivity index (χ1v) is 10.4. The van der Waals surface area contributed by atoms with E-state index in [4.69, 9.17) is 10.1 Å². The summed E-state index contributed by atoms with van der Waals surface area (Å²) in [4.78, 5) is 22.2. The molecule has 0 aliphatic carbocycles. The minimum atomic E-state index is -0.422. The Morgan fingerprint density at radius 2 is 1.78 bits per heavy atom. The van der Waals surface area contributed by atoms with Crippen molar-refractivity contribution in [3.8, 4) is 11.4 Å². The van der Waals surface area contributed by atoms with Gasteiger partial charge in [0.25, 0.3) is 5.91 Å². The van der Waals surface area contributed by atoms with Crippen LogP contribution in [0.1, 0.15) is 24.1 Å². The number of nitrogens with one attached hydrogen (secondary N) is 2. The Bertz CT molecular complexity index is 1310. The molecule has 3 heterocycles. The number of carbonyl (C=O) groups excluding carboxylic acids is 1. The van der Waals surface area contributed by atoms with Crippen molar-refractivity contribution in [3.05, 3.63) is 102 Å². The summed E-state index contributed by atoms with van der Waals surface area (Å²) in [5.74, 6) is 1.01. The Morgan fingerprint density at radius 1 is 1.00 bits per heavy atom. The second-order valence-corrected chi connectivity index (χ2v) is 7.69. The number of hydrogen-bond donors (Lipinski definition) is 2. The Labute approximate surface area is 185 Å². The molecule has 0 fully saturated rings. The molecule has 0 saturated carbocycles. The summed E-state index contributed by atoms with van der Waals surface area (Å²) in [5.41, 5.74) is 4.94. The highest BCUT2D eigenvalue weighted by molar-refractivity contribution is 6.05. The van der Waals surface area contributed by atoms with Gasteiger partial charge in [-0.15, -0.1) is 5.10 Å². The van der Waals surface area contributed by atoms with Crippen LogP contribution in [0.5, 0.6) is 0 Å². The van der Waals surface area contributed by atoms with Crippen molar-refractivity contribution in [2.75, 3.05) is 10.6 Å². The summed E-state index contributed by atoms with van der Waals surface area (Å²) in [6, 6.07) is 21.1. The molecule has 2 aromatic heterocycles. The van der Waals surface area contributed by atoms with E-state index in [0.29, 0.717) is 23.0 Å². The summed E-state index contributed by atoms with van der Waals surface area (Å²) in [5, 5.41) is 11.1. The fraction of sp³-hybridized carbons (Fsp3) is 0.120. The average molecular weight is 422 g/mol. The van der Waals surface area contributed by atoms with Crippen molar-refractivity contribution >= 4 is 17.5 Å². The number of aryl methyl sites for hydroxylation is 1. The lowest BCUT2D eigenvalue weighted by Crippen LogP contribution is -2.31. The van der Waals surface area contributed by atoms with Crippen molar-refractivity contribution in [3.63, 3.8) is 0 Å². The van der Waals surface area contributed by atoms with E-state index in [1.807, 2.05) is 74.5 Å². The van der Waals surface area contributed by atoms with E-state index in [1.165, 1.54) is 0 Å². The minimum Gasteiger partial charge on any atom is -0.328 e. The number of benzene rings is 2. The van der Waals surface area contributed by atoms with Crippen LogP contribution in [0.25, 0.3) is 11.4 Å². The van der Waals surface area contributed by atoms with Gasteiger partial charge in [0.2, 0.25) is 5.95 Å². The van der Waals surface area contributed by atoms with Crippen molar-refractivity contribution in [2.24, 2.45) is 0 Å². The number of hydrogen-bond acceptors (Lipinski definition) is 5. The van der Waals surface area contributed by atoms with E-state index >= 15 is 0 Å². The number of rotatable bonds is 4. The molecule has 1 amide bonds. The van der Waals surface area contributed by atoms with E-state index in [1.54, 1.807) is 23.1 Å². The van der Waals surface area contributed by atoms with Gasteiger partial charge in [-0.1, -0.05) is 54.6 Å². The topological polar surface area (TPSA) is 84.7 Å². The maximum absolute atomic E-state index is 13.4. The van der Waals surface area contributed by atoms with E-state index in [-0.39, 0.29) is 5.91 Å². The van der Waals surface area contributed by atoms with Gasteiger partial charge in [0.15, 0.2) is 5.82 Å². The maximum atomic E-state index is 13.4. The molecular formula is C25H22N6O. The summed E-state index contributed by atoms with van der Waals surface area (Å²) < 4.78 is 1.79. The number of carbonyl (C=O) groups is 1. The Balaban J connectivity index is 1.61. The van der Waals surface area contributed by atoms with Gasteiger partial charge >= 0.3 is 0 Å². The number of fused-ring (bicyclic) bond motifs is 1. The van der Waals surface area contributed by atoms with E-state index in [0.717, 1.165) is 22.4 Å². The van der Waals surface area contributed by atoms with Gasteiger partial charge in [0.05, 0.1) is 17.5 Å². The van der Waals surface area contributed by atoms with Gasteiger partial charge < -0.3 is 10.6 Å². The molecule has 7 heteroatoms. The molecule has 0 spiro atoms. The van der Waals surface area contributed by atoms with Gasteiger partial charge in [0, 0.05) is 17.5 Å². The zero-order valence-electron chi connectivity index (χ0n) is 17.8. The number of pyridine rings is 1. The molecule has 5 rings (SSSR count). The van der Waals surface area contributed by atoms with Crippen molar-refractivity contribution in [1.29, 1.82) is 0 Å². The molecular weight excluding hydrogens is 400 g/mol. The number of nitrogens with zero attached hydrogens (tertiary/aromatic N) is 4. The molecule has 0 radical (unpaired) electrons. The van der Waals surface area contributed by atoms with Gasteiger partial charge in [-0.3, -0.25) is 9.78 Å². The number of aromatic nitrogens is 4. The van der Waals surface area contributed by atoms with Crippen LogP contribution in [-0.4, -0.2) is 25.7 Å². The smallest absolute Gasteiger partial charge is 0.255 e. The van der Waals surface area contributed by atoms with Crippen molar-refractivity contribution < 1.29 is 4.79 Å².